The molecule has 9 heteroatoms. The summed E-state index contributed by atoms with van der Waals surface area (Å²) in [5.41, 5.74) is 2.02. The number of nitrogens with zero attached hydrogens (tertiary/aromatic N) is 7. The van der Waals surface area contributed by atoms with Gasteiger partial charge >= 0.3 is 0 Å². The Kier molecular flexibility index (Phi) is 4.45. The van der Waals surface area contributed by atoms with Gasteiger partial charge in [-0.3, -0.25) is 4.90 Å². The zero-order valence-electron chi connectivity index (χ0n) is 13.7. The summed E-state index contributed by atoms with van der Waals surface area (Å²) >= 11 is 12.0. The first kappa shape index (κ1) is 16.5. The third kappa shape index (κ3) is 3.53. The van der Waals surface area contributed by atoms with Crippen molar-refractivity contribution >= 4 is 34.8 Å². The highest BCUT2D eigenvalue weighted by Crippen LogP contribution is 2.20. The second-order valence-corrected chi connectivity index (χ2v) is 6.89. The van der Waals surface area contributed by atoms with Crippen LogP contribution >= 0.6 is 23.2 Å². The highest BCUT2D eigenvalue weighted by Gasteiger charge is 2.20. The van der Waals surface area contributed by atoms with E-state index in [0.717, 1.165) is 49.8 Å². The van der Waals surface area contributed by atoms with Gasteiger partial charge in [-0.25, -0.2) is 9.97 Å². The zero-order valence-corrected chi connectivity index (χ0v) is 15.2. The molecule has 1 aliphatic rings. The summed E-state index contributed by atoms with van der Waals surface area (Å²) in [7, 11) is 0. The number of pyridine rings is 1. The normalized spacial score (nSPS) is 15.9. The van der Waals surface area contributed by atoms with Gasteiger partial charge in [0.1, 0.15) is 22.5 Å². The molecule has 130 valence electrons. The Labute approximate surface area is 155 Å². The molecule has 4 rings (SSSR count). The molecule has 1 aliphatic heterocycles. The Morgan fingerprint density at radius 3 is 2.44 bits per heavy atom. The summed E-state index contributed by atoms with van der Waals surface area (Å²) in [6, 6.07) is 5.79. The Hall–Kier alpha value is -1.96. The predicted octanol–water partition coefficient (Wildman–Crippen LogP) is 2.46. The van der Waals surface area contributed by atoms with E-state index < -0.39 is 0 Å². The van der Waals surface area contributed by atoms with E-state index in [-0.39, 0.29) is 0 Å². The number of hydrogen-bond donors (Lipinski definition) is 0. The van der Waals surface area contributed by atoms with Gasteiger partial charge in [-0.15, -0.1) is 0 Å². The number of piperazine rings is 1. The van der Waals surface area contributed by atoms with Crippen LogP contribution < -0.4 is 4.90 Å². The first-order valence-corrected chi connectivity index (χ1v) is 8.81. The molecule has 3 aromatic rings. The minimum Gasteiger partial charge on any atom is -0.354 e. The molecule has 25 heavy (non-hydrogen) atoms. The minimum atomic E-state index is 0.432. The second kappa shape index (κ2) is 6.74. The van der Waals surface area contributed by atoms with Crippen molar-refractivity contribution in [1.82, 2.24) is 29.5 Å². The van der Waals surface area contributed by atoms with Crippen LogP contribution in [0.1, 0.15) is 11.3 Å². The van der Waals surface area contributed by atoms with Gasteiger partial charge in [-0.2, -0.15) is 14.6 Å². The minimum absolute atomic E-state index is 0.432. The van der Waals surface area contributed by atoms with Crippen molar-refractivity contribution in [3.8, 4) is 0 Å². The third-order valence-corrected chi connectivity index (χ3v) is 4.67. The molecule has 1 fully saturated rings. The number of aryl methyl sites for hydroxylation is 1. The fourth-order valence-corrected chi connectivity index (χ4v) is 3.64. The number of aromatic nitrogens is 5. The van der Waals surface area contributed by atoms with E-state index in [0.29, 0.717) is 16.1 Å². The van der Waals surface area contributed by atoms with Crippen LogP contribution in [0.2, 0.25) is 10.3 Å². The number of anilines is 1. The average Bonchev–Trinajstić information content (AvgIpc) is 3.02. The Morgan fingerprint density at radius 2 is 1.72 bits per heavy atom. The first-order chi connectivity index (χ1) is 12.1. The van der Waals surface area contributed by atoms with Crippen molar-refractivity contribution in [2.75, 3.05) is 31.1 Å². The summed E-state index contributed by atoms with van der Waals surface area (Å²) in [4.78, 5) is 17.3. The first-order valence-electron chi connectivity index (χ1n) is 8.05. The second-order valence-electron chi connectivity index (χ2n) is 6.11. The third-order valence-electron chi connectivity index (χ3n) is 4.29. The molecule has 0 bridgehead atoms. The topological polar surface area (TPSA) is 62.5 Å². The quantitative estimate of drug-likeness (QED) is 0.653. The molecule has 0 amide bonds. The summed E-state index contributed by atoms with van der Waals surface area (Å²) in [5, 5.41) is 5.16. The smallest absolute Gasteiger partial charge is 0.254 e. The molecular weight excluding hydrogens is 361 g/mol. The molecular formula is C16H17Cl2N7. The fourth-order valence-electron chi connectivity index (χ4n) is 3.14. The van der Waals surface area contributed by atoms with E-state index >= 15 is 0 Å². The number of fused-ring (bicyclic) bond motifs is 1. The van der Waals surface area contributed by atoms with Crippen LogP contribution in [0.5, 0.6) is 0 Å². The number of rotatable bonds is 3. The van der Waals surface area contributed by atoms with E-state index in [1.165, 1.54) is 0 Å². The van der Waals surface area contributed by atoms with Gasteiger partial charge in [0.25, 0.3) is 5.78 Å². The zero-order chi connectivity index (χ0) is 17.4. The van der Waals surface area contributed by atoms with E-state index in [2.05, 4.69) is 35.9 Å². The molecule has 0 N–H and O–H groups in total. The van der Waals surface area contributed by atoms with Crippen LogP contribution in [0.25, 0.3) is 5.78 Å². The Bertz CT molecular complexity index is 882. The summed E-state index contributed by atoms with van der Waals surface area (Å²) in [6.07, 6.45) is 1.54. The van der Waals surface area contributed by atoms with Crippen LogP contribution in [0.15, 0.2) is 24.5 Å². The standard InChI is InChI=1S/C16H17Cl2N7/c1-11-6-15(25-16(21-11)19-10-20-25)24-4-2-23(3-5-24)9-12-7-13(17)22-14(18)8-12/h6-8,10H,2-5,9H2,1H3. The highest BCUT2D eigenvalue weighted by molar-refractivity contribution is 6.32. The summed E-state index contributed by atoms with van der Waals surface area (Å²) in [5.74, 6) is 1.67. The molecule has 7 nitrogen and oxygen atoms in total. The molecule has 0 spiro atoms. The van der Waals surface area contributed by atoms with Crippen molar-refractivity contribution in [2.24, 2.45) is 0 Å². The van der Waals surface area contributed by atoms with Crippen molar-refractivity contribution < 1.29 is 0 Å². The van der Waals surface area contributed by atoms with Gasteiger partial charge in [0, 0.05) is 44.5 Å². The molecule has 3 aromatic heterocycles. The lowest BCUT2D eigenvalue weighted by atomic mass is 10.2. The van der Waals surface area contributed by atoms with Crippen molar-refractivity contribution in [2.45, 2.75) is 13.5 Å². The maximum atomic E-state index is 5.99. The molecule has 4 heterocycles. The summed E-state index contributed by atoms with van der Waals surface area (Å²) < 4.78 is 1.80. The van der Waals surface area contributed by atoms with E-state index in [4.69, 9.17) is 23.2 Å². The maximum Gasteiger partial charge on any atom is 0.254 e. The molecule has 1 saturated heterocycles. The lowest BCUT2D eigenvalue weighted by Gasteiger charge is -2.36. The SMILES string of the molecule is Cc1cc(N2CCN(Cc3cc(Cl)nc(Cl)c3)CC2)n2ncnc2n1. The van der Waals surface area contributed by atoms with Crippen LogP contribution in [0.3, 0.4) is 0 Å². The van der Waals surface area contributed by atoms with E-state index in [9.17, 15) is 0 Å². The van der Waals surface area contributed by atoms with Gasteiger partial charge in [0.15, 0.2) is 0 Å². The van der Waals surface area contributed by atoms with Gasteiger partial charge < -0.3 is 4.90 Å². The lowest BCUT2D eigenvalue weighted by Crippen LogP contribution is -2.46. The molecule has 0 saturated carbocycles. The lowest BCUT2D eigenvalue weighted by molar-refractivity contribution is 0.249. The van der Waals surface area contributed by atoms with Gasteiger partial charge in [0.05, 0.1) is 0 Å². The van der Waals surface area contributed by atoms with Crippen molar-refractivity contribution in [3.05, 3.63) is 46.1 Å². The van der Waals surface area contributed by atoms with E-state index in [1.54, 1.807) is 10.8 Å². The van der Waals surface area contributed by atoms with Gasteiger partial charge in [0.2, 0.25) is 0 Å². The van der Waals surface area contributed by atoms with Crippen LogP contribution in [-0.4, -0.2) is 55.6 Å². The van der Waals surface area contributed by atoms with Gasteiger partial charge in [-0.1, -0.05) is 23.2 Å². The molecule has 0 aliphatic carbocycles. The average molecular weight is 378 g/mol. The number of hydrogen-bond acceptors (Lipinski definition) is 6. The van der Waals surface area contributed by atoms with Crippen molar-refractivity contribution in [1.29, 1.82) is 0 Å². The van der Waals surface area contributed by atoms with Crippen LogP contribution in [-0.2, 0) is 6.54 Å². The molecule has 0 atom stereocenters. The molecule has 0 radical (unpaired) electrons. The Balaban J connectivity index is 1.46. The molecule has 0 aromatic carbocycles. The summed E-state index contributed by atoms with van der Waals surface area (Å²) in [6.45, 7) is 6.48. The van der Waals surface area contributed by atoms with Gasteiger partial charge in [-0.05, 0) is 24.6 Å². The largest absolute Gasteiger partial charge is 0.354 e. The van der Waals surface area contributed by atoms with E-state index in [1.807, 2.05) is 19.1 Å². The van der Waals surface area contributed by atoms with Crippen molar-refractivity contribution in [3.63, 3.8) is 0 Å². The number of halogens is 2. The Morgan fingerprint density at radius 1 is 1.00 bits per heavy atom. The molecule has 0 unspecified atom stereocenters. The fraction of sp³-hybridized carbons (Fsp3) is 0.375. The van der Waals surface area contributed by atoms with Crippen LogP contribution in [0.4, 0.5) is 5.82 Å². The highest BCUT2D eigenvalue weighted by atomic mass is 35.5. The van der Waals surface area contributed by atoms with Crippen LogP contribution in [0, 0.1) is 6.92 Å². The predicted molar refractivity (Wildman–Crippen MR) is 97.3 cm³/mol. The maximum absolute atomic E-state index is 5.99. The monoisotopic (exact) mass is 377 g/mol.